The van der Waals surface area contributed by atoms with Crippen LogP contribution in [-0.4, -0.2) is 82.4 Å². The highest BCUT2D eigenvalue weighted by Gasteiger charge is 2.56. The highest BCUT2D eigenvalue weighted by Crippen LogP contribution is 2.65. The monoisotopic (exact) mass is 2020 g/mol. The molecule has 9 rings (SSSR count). The van der Waals surface area contributed by atoms with Gasteiger partial charge in [0, 0.05) is 41.1 Å². The predicted octanol–water partition coefficient (Wildman–Crippen LogP) is 31.4. The second-order valence-corrected chi connectivity index (χ2v) is 48.4. The summed E-state index contributed by atoms with van der Waals surface area (Å²) in [5, 5.41) is 31.6. The van der Waals surface area contributed by atoms with Crippen molar-refractivity contribution < 1.29 is 53.5 Å². The lowest BCUT2D eigenvalue weighted by Gasteiger charge is -2.45. The quantitative estimate of drug-likeness (QED) is 0.0198. The summed E-state index contributed by atoms with van der Waals surface area (Å²) in [5.74, 6) is 8.71. The smallest absolute Gasteiger partial charge is 0.334 e. The zero-order valence-electron chi connectivity index (χ0n) is 81.8. The number of hydrogen-bond acceptors (Lipinski definition) is 11. The number of aliphatic hydroxyl groups is 3. The number of Topliss-reactive ketones (excluding diaryl/α,β-unsaturated/α-hetero) is 1. The fraction of sp³-hybridized carbons (Fsp3) is 0.807. The van der Waals surface area contributed by atoms with E-state index in [-0.39, 0.29) is 98.8 Å². The van der Waals surface area contributed by atoms with Crippen LogP contribution in [0.15, 0.2) is 90.8 Å². The number of rotatable bonds is 31. The molecule has 1 saturated heterocycles. The first-order chi connectivity index (χ1) is 57.1. The number of cyclic esters (lactones) is 1. The Bertz CT molecular complexity index is 3620. The number of aliphatic hydroxyl groups excluding tert-OH is 3. The van der Waals surface area contributed by atoms with E-state index in [1.54, 1.807) is 43.1 Å². The second kappa shape index (κ2) is 51.5. The van der Waals surface area contributed by atoms with Gasteiger partial charge < -0.3 is 29.5 Å². The first-order valence-electron chi connectivity index (χ1n) is 48.2. The van der Waals surface area contributed by atoms with Crippen molar-refractivity contribution in [2.45, 2.75) is 386 Å². The summed E-state index contributed by atoms with van der Waals surface area (Å²) >= 11 is 19.5. The minimum atomic E-state index is -0.552. The molecule has 1 aliphatic heterocycles. The highest BCUT2D eigenvalue weighted by molar-refractivity contribution is 9.11. The fourth-order valence-corrected chi connectivity index (χ4v) is 27.3. The van der Waals surface area contributed by atoms with Gasteiger partial charge in [-0.1, -0.05) is 259 Å². The molecule has 0 spiro atoms. The Hall–Kier alpha value is -2.24. The molecule has 0 amide bonds. The van der Waals surface area contributed by atoms with Crippen molar-refractivity contribution in [1.29, 1.82) is 0 Å². The Labute approximate surface area is 804 Å². The maximum absolute atomic E-state index is 13.5. The van der Waals surface area contributed by atoms with Crippen LogP contribution in [0.4, 0.5) is 0 Å². The van der Waals surface area contributed by atoms with Gasteiger partial charge in [-0.15, -0.1) is 0 Å². The molecular weight excluding hydrogens is 1840 g/mol. The molecule has 3 N–H and O–H groups in total. The lowest BCUT2D eigenvalue weighted by Crippen LogP contribution is -2.37. The molecule has 16 heteroatoms. The van der Waals surface area contributed by atoms with E-state index in [1.165, 1.54) is 128 Å². The number of halogens is 5. The van der Waals surface area contributed by atoms with Gasteiger partial charge in [-0.2, -0.15) is 0 Å². The Kier molecular flexibility index (Phi) is 48.1. The Morgan fingerprint density at radius 3 is 1.08 bits per heavy atom. The SMILES string of the molecule is C.C.C=C(CO)[C@@H](CC(C)C)[C@H](O)C[C@@H](C)[C@H]1CC[C@H]2/C(=C/Br)CCC[C@]12C.C=C(COC(=O)C(C)(C)C)[C@@H](CC(C)C)C(=O)C[C@@H](C)[C@H]1CC[C@H]2/C(=C/Br)CCC[C@]12C.C=C(COC(=O)C(C)(C)C)[C@@H](CC(C)C)[C@H](O)C[C@@H](C)[C@H]1CC[C@H]2/C(=C/Br)CCC[C@]12C.C=C1C(=O)O[C@H](C[C@@H](C)[C@H]2CC[C@H]3/C(=C/Br)CCC[C@]23C)[C@@H]1CC(C)C.CC(C)(C)C(=O)Cl. The van der Waals surface area contributed by atoms with Crippen molar-refractivity contribution in [2.75, 3.05) is 19.8 Å². The van der Waals surface area contributed by atoms with E-state index in [4.69, 9.17) is 25.8 Å². The van der Waals surface area contributed by atoms with Gasteiger partial charge in [0.25, 0.3) is 0 Å². The lowest BCUT2D eigenvalue weighted by molar-refractivity contribution is -0.152. The average molecular weight is 2020 g/mol. The molecule has 0 aromatic rings. The maximum atomic E-state index is 13.5. The summed E-state index contributed by atoms with van der Waals surface area (Å²) in [4.78, 5) is 69.0. The highest BCUT2D eigenvalue weighted by atomic mass is 79.9. The summed E-state index contributed by atoms with van der Waals surface area (Å²) in [6.45, 7) is 69.9. The molecular formula is C109H183Br4ClO11. The molecule has 0 bridgehead atoms. The van der Waals surface area contributed by atoms with Gasteiger partial charge in [-0.25, -0.2) is 4.79 Å². The molecule has 11 nitrogen and oxygen atoms in total. The normalized spacial score (nSPS) is 31.2. The third-order valence-corrected chi connectivity index (χ3v) is 34.7. The van der Waals surface area contributed by atoms with Crippen LogP contribution in [0.2, 0.25) is 0 Å². The average Bonchev–Trinajstić information content (AvgIpc) is 1.63. The third kappa shape index (κ3) is 31.4. The summed E-state index contributed by atoms with van der Waals surface area (Å²) in [5.41, 5.74) is 9.39. The minimum Gasteiger partial charge on any atom is -0.461 e. The maximum Gasteiger partial charge on any atom is 0.334 e. The number of ether oxygens (including phenoxy) is 3. The van der Waals surface area contributed by atoms with Gasteiger partial charge in [0.15, 0.2) is 0 Å². The largest absolute Gasteiger partial charge is 0.461 e. The molecule has 0 aromatic carbocycles. The zero-order chi connectivity index (χ0) is 93.2. The molecule has 720 valence electrons. The van der Waals surface area contributed by atoms with Crippen LogP contribution in [0.1, 0.15) is 368 Å². The van der Waals surface area contributed by atoms with E-state index in [2.05, 4.69) is 221 Å². The van der Waals surface area contributed by atoms with Crippen LogP contribution in [0.3, 0.4) is 0 Å². The first-order valence-corrected chi connectivity index (χ1v) is 52.3. The summed E-state index contributed by atoms with van der Waals surface area (Å²) in [6, 6.07) is 0. The minimum absolute atomic E-state index is 0. The third-order valence-electron chi connectivity index (χ3n) is 31.8. The summed E-state index contributed by atoms with van der Waals surface area (Å²) in [6.07, 6.45) is 31.2. The van der Waals surface area contributed by atoms with Crippen molar-refractivity contribution >= 4 is 104 Å². The molecule has 9 aliphatic rings. The predicted molar refractivity (Wildman–Crippen MR) is 543 cm³/mol. The fourth-order valence-electron chi connectivity index (χ4n) is 25.1. The molecule has 23 atom stereocenters. The Morgan fingerprint density at radius 1 is 0.472 bits per heavy atom. The number of fused-ring (bicyclic) bond motifs is 4. The van der Waals surface area contributed by atoms with E-state index < -0.39 is 23.0 Å². The zero-order valence-corrected chi connectivity index (χ0v) is 88.9. The van der Waals surface area contributed by atoms with Gasteiger partial charge in [0.1, 0.15) is 25.1 Å². The van der Waals surface area contributed by atoms with Crippen molar-refractivity contribution in [3.63, 3.8) is 0 Å². The van der Waals surface area contributed by atoms with E-state index in [0.717, 1.165) is 73.5 Å². The Balaban J connectivity index is 0.000000418. The van der Waals surface area contributed by atoms with Crippen molar-refractivity contribution in [3.8, 4) is 0 Å². The van der Waals surface area contributed by atoms with Gasteiger partial charge in [0.05, 0.1) is 29.6 Å². The van der Waals surface area contributed by atoms with E-state index >= 15 is 0 Å². The van der Waals surface area contributed by atoms with E-state index in [0.29, 0.717) is 117 Å². The molecule has 0 aromatic heterocycles. The Morgan fingerprint density at radius 2 is 0.784 bits per heavy atom. The van der Waals surface area contributed by atoms with Crippen LogP contribution < -0.4 is 0 Å². The summed E-state index contributed by atoms with van der Waals surface area (Å²) < 4.78 is 16.8. The molecule has 0 radical (unpaired) electrons. The lowest BCUT2D eigenvalue weighted by atomic mass is 9.61. The van der Waals surface area contributed by atoms with E-state index in [1.807, 2.05) is 41.5 Å². The van der Waals surface area contributed by atoms with Gasteiger partial charge in [0.2, 0.25) is 5.24 Å². The molecule has 8 aliphatic carbocycles. The van der Waals surface area contributed by atoms with Crippen LogP contribution in [0, 0.1) is 156 Å². The van der Waals surface area contributed by atoms with E-state index in [9.17, 15) is 39.3 Å². The molecule has 1 heterocycles. The number of carbonyl (C=O) groups is 5. The molecule has 125 heavy (non-hydrogen) atoms. The van der Waals surface area contributed by atoms with Crippen molar-refractivity contribution in [2.24, 2.45) is 156 Å². The second-order valence-electron chi connectivity index (χ2n) is 46.2. The van der Waals surface area contributed by atoms with Crippen molar-refractivity contribution in [3.05, 3.63) is 90.8 Å². The number of esters is 3. The van der Waals surface area contributed by atoms with Crippen LogP contribution in [0.25, 0.3) is 0 Å². The van der Waals surface area contributed by atoms with Gasteiger partial charge in [-0.3, -0.25) is 19.2 Å². The number of ketones is 1. The van der Waals surface area contributed by atoms with Crippen LogP contribution in [-0.2, 0) is 38.2 Å². The topological polar surface area (TPSA) is 174 Å². The summed E-state index contributed by atoms with van der Waals surface area (Å²) in [7, 11) is 0. The first kappa shape index (κ1) is 117. The van der Waals surface area contributed by atoms with Crippen molar-refractivity contribution in [1.82, 2.24) is 0 Å². The number of allylic oxidation sites excluding steroid dienone is 4. The van der Waals surface area contributed by atoms with Gasteiger partial charge in [-0.05, 0) is 380 Å². The van der Waals surface area contributed by atoms with Crippen LogP contribution in [0.5, 0.6) is 0 Å². The number of carbonyl (C=O) groups excluding carboxylic acids is 5. The van der Waals surface area contributed by atoms with Crippen LogP contribution >= 0.6 is 75.3 Å². The standard InChI is InChI=1S/C28H47BrO3.C28H45BrO3.C23H35BrO2.C23H39BrO2.C5H9ClO.2CH4/c2*1-18(2)14-22(20(4)17-32-26(31)27(5,6)7)25(30)15-19(3)23-11-12-24-21(16-29)10-9-13-28(23,24)8;1-14(2)11-18-16(4)22(25)26-21(18)12-15(3)19-8-9-20-17(13-24)7-6-10-23(19,20)5;1-15(2)11-19(17(4)14-25)22(26)12-16(3)20-8-9-21-18(13-24)7-6-10-23(20,21)5;1-5(2,3)4(6)7;;/h16,18-19,22-25,30H,4,9-15,17H2,1-3,5-8H3;16,18-19,22-24H,4,9-15,17H2,1-3,5-8H3;13-15,18-21H,4,6-12H2,1-3,5H3;13,15-16,19-22,25-26H,4,6-12,14H2,1-3,5H3;1-3H3;2*1H4/b2*21-16+;17-13+;18-13+;;;/t19-,22-,23-,24+,25-,28-;19-,22-,23-,24+,28-;15-,18-,19-,20+,21-,23-;16-,19-,20-,21+,22-,23-;;;/m1111.../s1. The molecule has 9 fully saturated rings. The molecule has 0 unspecified atom stereocenters. The molecule has 8 saturated carbocycles. The number of hydrogen-bond donors (Lipinski definition) is 3. The van der Waals surface area contributed by atoms with Gasteiger partial charge >= 0.3 is 17.9 Å².